The van der Waals surface area contributed by atoms with Gasteiger partial charge in [-0.25, -0.2) is 8.42 Å². The second-order valence-corrected chi connectivity index (χ2v) is 7.65. The largest absolute Gasteiger partial charge is 0.492 e. The first-order valence-corrected chi connectivity index (χ1v) is 9.83. The number of nitrogens with zero attached hydrogens (tertiary/aromatic N) is 1. The van der Waals surface area contributed by atoms with Gasteiger partial charge < -0.3 is 9.84 Å². The van der Waals surface area contributed by atoms with Crippen LogP contribution in [0, 0.1) is 6.92 Å². The van der Waals surface area contributed by atoms with Gasteiger partial charge in [0.25, 0.3) is 10.0 Å². The molecule has 7 heteroatoms. The van der Waals surface area contributed by atoms with Crippen molar-refractivity contribution in [2.24, 2.45) is 0 Å². The number of benzene rings is 2. The number of carbonyl (C=O) groups is 1. The van der Waals surface area contributed by atoms with Gasteiger partial charge in [-0.05, 0) is 44.5 Å². The van der Waals surface area contributed by atoms with E-state index < -0.39 is 16.0 Å². The minimum absolute atomic E-state index is 0.0482. The zero-order chi connectivity index (χ0) is 19.2. The molecule has 6 nitrogen and oxygen atoms in total. The van der Waals surface area contributed by atoms with Crippen LogP contribution >= 0.6 is 0 Å². The van der Waals surface area contributed by atoms with Crippen LogP contribution in [0.5, 0.6) is 5.75 Å². The minimum atomic E-state index is -3.85. The van der Waals surface area contributed by atoms with E-state index in [0.29, 0.717) is 18.0 Å². The maximum absolute atomic E-state index is 13.2. The minimum Gasteiger partial charge on any atom is -0.492 e. The van der Waals surface area contributed by atoms with Crippen molar-refractivity contribution in [2.75, 3.05) is 17.5 Å². The van der Waals surface area contributed by atoms with E-state index in [2.05, 4.69) is 0 Å². The molecule has 0 fully saturated rings. The lowest BCUT2D eigenvalue weighted by Gasteiger charge is -2.26. The molecule has 0 heterocycles. The van der Waals surface area contributed by atoms with E-state index in [9.17, 15) is 13.2 Å². The predicted molar refractivity (Wildman–Crippen MR) is 100 cm³/mol. The highest BCUT2D eigenvalue weighted by atomic mass is 32.2. The lowest BCUT2D eigenvalue weighted by molar-refractivity contribution is -0.137. The molecule has 0 aliphatic carbocycles. The summed E-state index contributed by atoms with van der Waals surface area (Å²) < 4.78 is 33.2. The number of rotatable bonds is 9. The molecule has 0 aliphatic heterocycles. The van der Waals surface area contributed by atoms with Crippen LogP contribution in [-0.2, 0) is 14.8 Å². The molecule has 0 bridgehead atoms. The Morgan fingerprint density at radius 3 is 2.38 bits per heavy atom. The molecule has 2 aromatic carbocycles. The van der Waals surface area contributed by atoms with Crippen molar-refractivity contribution in [1.29, 1.82) is 0 Å². The van der Waals surface area contributed by atoms with Crippen LogP contribution in [0.15, 0.2) is 53.4 Å². The molecule has 0 spiro atoms. The molecule has 0 saturated carbocycles. The van der Waals surface area contributed by atoms with Gasteiger partial charge in [-0.15, -0.1) is 0 Å². The number of aryl methyl sites for hydroxylation is 1. The van der Waals surface area contributed by atoms with E-state index in [0.717, 1.165) is 5.56 Å². The lowest BCUT2D eigenvalue weighted by atomic mass is 10.2. The van der Waals surface area contributed by atoms with Crippen LogP contribution in [0.4, 0.5) is 5.69 Å². The van der Waals surface area contributed by atoms with Gasteiger partial charge in [0.1, 0.15) is 5.75 Å². The molecule has 2 aromatic rings. The van der Waals surface area contributed by atoms with Gasteiger partial charge in [-0.2, -0.15) is 0 Å². The number of ether oxygens (including phenoxy) is 1. The maximum atomic E-state index is 13.2. The molecule has 26 heavy (non-hydrogen) atoms. The Morgan fingerprint density at radius 1 is 1.12 bits per heavy atom. The Balaban J connectivity index is 2.46. The standard InChI is InChI=1S/C19H23NO5S/c1-3-25-18-8-5-4-7-17(18)20(14-6-9-19(21)22)26(23,24)16-12-10-15(2)11-13-16/h4-5,7-8,10-13H,3,6,9,14H2,1-2H3,(H,21,22). The van der Waals surface area contributed by atoms with Crippen molar-refractivity contribution >= 4 is 21.7 Å². The third-order valence-electron chi connectivity index (χ3n) is 3.79. The topological polar surface area (TPSA) is 83.9 Å². The van der Waals surface area contributed by atoms with E-state index in [4.69, 9.17) is 9.84 Å². The Kier molecular flexibility index (Phi) is 6.63. The average molecular weight is 377 g/mol. The van der Waals surface area contributed by atoms with Crippen molar-refractivity contribution in [3.8, 4) is 5.75 Å². The first-order chi connectivity index (χ1) is 12.4. The molecule has 0 amide bonds. The SMILES string of the molecule is CCOc1ccccc1N(CCCC(=O)O)S(=O)(=O)c1ccc(C)cc1. The summed E-state index contributed by atoms with van der Waals surface area (Å²) in [4.78, 5) is 11.0. The number of carboxylic acid groups (broad SMARTS) is 1. The monoisotopic (exact) mass is 377 g/mol. The average Bonchev–Trinajstić information content (AvgIpc) is 2.60. The molecule has 2 rings (SSSR count). The number of carboxylic acids is 1. The van der Waals surface area contributed by atoms with E-state index in [1.807, 2.05) is 13.8 Å². The van der Waals surface area contributed by atoms with Gasteiger partial charge in [0, 0.05) is 13.0 Å². The zero-order valence-electron chi connectivity index (χ0n) is 14.9. The number of para-hydroxylation sites is 2. The van der Waals surface area contributed by atoms with Crippen LogP contribution in [0.1, 0.15) is 25.3 Å². The molecule has 0 atom stereocenters. The van der Waals surface area contributed by atoms with Crippen molar-refractivity contribution < 1.29 is 23.1 Å². The highest BCUT2D eigenvalue weighted by Gasteiger charge is 2.27. The molecular weight excluding hydrogens is 354 g/mol. The summed E-state index contributed by atoms with van der Waals surface area (Å²) >= 11 is 0. The first kappa shape index (κ1) is 19.8. The Morgan fingerprint density at radius 2 is 1.77 bits per heavy atom. The normalized spacial score (nSPS) is 11.2. The summed E-state index contributed by atoms with van der Waals surface area (Å²) in [6, 6.07) is 13.4. The Hall–Kier alpha value is -2.54. The van der Waals surface area contributed by atoms with E-state index >= 15 is 0 Å². The zero-order valence-corrected chi connectivity index (χ0v) is 15.7. The fraction of sp³-hybridized carbons (Fsp3) is 0.316. The first-order valence-electron chi connectivity index (χ1n) is 8.39. The summed E-state index contributed by atoms with van der Waals surface area (Å²) in [5, 5.41) is 8.89. The van der Waals surface area contributed by atoms with Gasteiger partial charge in [0.2, 0.25) is 0 Å². The third kappa shape index (κ3) is 4.76. The summed E-state index contributed by atoms with van der Waals surface area (Å²) in [7, 11) is -3.85. The summed E-state index contributed by atoms with van der Waals surface area (Å²) in [5.41, 5.74) is 1.36. The molecule has 0 aliphatic rings. The van der Waals surface area contributed by atoms with Crippen molar-refractivity contribution in [2.45, 2.75) is 31.6 Å². The lowest BCUT2D eigenvalue weighted by Crippen LogP contribution is -2.32. The van der Waals surface area contributed by atoms with Crippen molar-refractivity contribution in [1.82, 2.24) is 0 Å². The molecule has 0 aromatic heterocycles. The van der Waals surface area contributed by atoms with Crippen molar-refractivity contribution in [3.05, 3.63) is 54.1 Å². The van der Waals surface area contributed by atoms with E-state index in [-0.39, 0.29) is 24.3 Å². The molecule has 0 unspecified atom stereocenters. The van der Waals surface area contributed by atoms with E-state index in [1.54, 1.807) is 48.5 Å². The van der Waals surface area contributed by atoms with Gasteiger partial charge in [0.05, 0.1) is 17.2 Å². The Bertz CT molecular complexity index is 846. The second kappa shape index (κ2) is 8.71. The molecule has 1 N–H and O–H groups in total. The number of hydrogen-bond acceptors (Lipinski definition) is 4. The fourth-order valence-corrected chi connectivity index (χ4v) is 4.04. The van der Waals surface area contributed by atoms with Gasteiger partial charge >= 0.3 is 5.97 Å². The number of anilines is 1. The second-order valence-electron chi connectivity index (χ2n) is 5.79. The fourth-order valence-electron chi connectivity index (χ4n) is 2.52. The van der Waals surface area contributed by atoms with Crippen LogP contribution in [0.2, 0.25) is 0 Å². The molecular formula is C19H23NO5S. The molecule has 140 valence electrons. The van der Waals surface area contributed by atoms with E-state index in [1.165, 1.54) is 4.31 Å². The molecule has 0 saturated heterocycles. The predicted octanol–water partition coefficient (Wildman–Crippen LogP) is 3.45. The van der Waals surface area contributed by atoms with Crippen molar-refractivity contribution in [3.63, 3.8) is 0 Å². The number of aliphatic carboxylic acids is 1. The Labute approximate surface area is 154 Å². The van der Waals surface area contributed by atoms with Gasteiger partial charge in [0.15, 0.2) is 0 Å². The smallest absolute Gasteiger partial charge is 0.303 e. The third-order valence-corrected chi connectivity index (χ3v) is 5.62. The highest BCUT2D eigenvalue weighted by molar-refractivity contribution is 7.92. The summed E-state index contributed by atoms with van der Waals surface area (Å²) in [5.74, 6) is -0.517. The molecule has 0 radical (unpaired) electrons. The van der Waals surface area contributed by atoms with Gasteiger partial charge in [-0.3, -0.25) is 9.10 Å². The van der Waals surface area contributed by atoms with Crippen LogP contribution in [0.3, 0.4) is 0 Å². The number of sulfonamides is 1. The van der Waals surface area contributed by atoms with Crippen LogP contribution in [0.25, 0.3) is 0 Å². The summed E-state index contributed by atoms with van der Waals surface area (Å²) in [6.07, 6.45) is 0.0810. The number of hydrogen-bond donors (Lipinski definition) is 1. The van der Waals surface area contributed by atoms with Crippen LogP contribution in [-0.4, -0.2) is 32.6 Å². The van der Waals surface area contributed by atoms with Crippen LogP contribution < -0.4 is 9.04 Å². The maximum Gasteiger partial charge on any atom is 0.303 e. The summed E-state index contributed by atoms with van der Waals surface area (Å²) in [6.45, 7) is 4.14. The highest BCUT2D eigenvalue weighted by Crippen LogP contribution is 2.32. The van der Waals surface area contributed by atoms with Gasteiger partial charge in [-0.1, -0.05) is 29.8 Å². The quantitative estimate of drug-likeness (QED) is 0.723.